The van der Waals surface area contributed by atoms with Gasteiger partial charge >= 0.3 is 5.97 Å². The van der Waals surface area contributed by atoms with Gasteiger partial charge in [-0.3, -0.25) is 9.59 Å². The van der Waals surface area contributed by atoms with E-state index in [0.717, 1.165) is 5.75 Å². The van der Waals surface area contributed by atoms with Crippen LogP contribution in [0, 0.1) is 5.92 Å². The largest absolute Gasteiger partial charge is 0.481 e. The van der Waals surface area contributed by atoms with Crippen molar-refractivity contribution in [2.45, 2.75) is 32.7 Å². The van der Waals surface area contributed by atoms with Crippen LogP contribution in [0.3, 0.4) is 0 Å². The highest BCUT2D eigenvalue weighted by atomic mass is 32.2. The molecule has 0 aliphatic heterocycles. The monoisotopic (exact) mass is 247 g/mol. The van der Waals surface area contributed by atoms with E-state index in [9.17, 15) is 9.59 Å². The molecule has 0 radical (unpaired) electrons. The minimum absolute atomic E-state index is 0.0234. The summed E-state index contributed by atoms with van der Waals surface area (Å²) >= 11 is 1.70. The van der Waals surface area contributed by atoms with E-state index in [0.29, 0.717) is 6.42 Å². The van der Waals surface area contributed by atoms with Gasteiger partial charge in [-0.05, 0) is 19.1 Å². The number of thioether (sulfide) groups is 1. The molecule has 0 aromatic carbocycles. The lowest BCUT2D eigenvalue weighted by Crippen LogP contribution is -2.37. The molecule has 2 unspecified atom stereocenters. The summed E-state index contributed by atoms with van der Waals surface area (Å²) in [7, 11) is 1.77. The minimum atomic E-state index is -0.847. The number of hydrogen-bond acceptors (Lipinski definition) is 3. The van der Waals surface area contributed by atoms with Gasteiger partial charge < -0.3 is 10.0 Å². The van der Waals surface area contributed by atoms with E-state index in [1.54, 1.807) is 30.6 Å². The van der Waals surface area contributed by atoms with Gasteiger partial charge in [0.15, 0.2) is 0 Å². The molecule has 0 saturated carbocycles. The van der Waals surface area contributed by atoms with E-state index in [1.165, 1.54) is 0 Å². The Kier molecular flexibility index (Phi) is 7.21. The molecule has 0 spiro atoms. The van der Waals surface area contributed by atoms with Crippen LogP contribution in [0.5, 0.6) is 0 Å². The molecule has 0 bridgehead atoms. The molecule has 0 aliphatic carbocycles. The lowest BCUT2D eigenvalue weighted by molar-refractivity contribution is -0.138. The number of rotatable bonds is 7. The van der Waals surface area contributed by atoms with Crippen molar-refractivity contribution in [2.24, 2.45) is 5.92 Å². The summed E-state index contributed by atoms with van der Waals surface area (Å²) in [5.74, 6) is -0.0282. The number of nitrogens with zero attached hydrogens (tertiary/aromatic N) is 1. The molecule has 0 aromatic heterocycles. The van der Waals surface area contributed by atoms with Crippen LogP contribution in [0.25, 0.3) is 0 Å². The molecule has 0 aromatic rings. The van der Waals surface area contributed by atoms with Gasteiger partial charge in [-0.15, -0.1) is 0 Å². The molecule has 0 saturated heterocycles. The molecule has 2 atom stereocenters. The fraction of sp³-hybridized carbons (Fsp3) is 0.818. The first kappa shape index (κ1) is 15.3. The van der Waals surface area contributed by atoms with E-state index >= 15 is 0 Å². The third-order valence-electron chi connectivity index (χ3n) is 2.51. The SMILES string of the molecule is CSCC(C)N(C)C(=O)CC(C)CC(=O)O. The van der Waals surface area contributed by atoms with E-state index in [-0.39, 0.29) is 24.3 Å². The van der Waals surface area contributed by atoms with Gasteiger partial charge in [0.05, 0.1) is 0 Å². The van der Waals surface area contributed by atoms with Crippen molar-refractivity contribution in [3.05, 3.63) is 0 Å². The molecule has 1 amide bonds. The average Bonchev–Trinajstić information content (AvgIpc) is 2.15. The second kappa shape index (κ2) is 7.54. The van der Waals surface area contributed by atoms with Crippen LogP contribution < -0.4 is 0 Å². The normalized spacial score (nSPS) is 14.2. The Morgan fingerprint density at radius 3 is 2.31 bits per heavy atom. The topological polar surface area (TPSA) is 57.6 Å². The van der Waals surface area contributed by atoms with E-state index < -0.39 is 5.97 Å². The van der Waals surface area contributed by atoms with Gasteiger partial charge in [0.25, 0.3) is 0 Å². The Labute approximate surface area is 101 Å². The van der Waals surface area contributed by atoms with Crippen LogP contribution in [0.1, 0.15) is 26.7 Å². The highest BCUT2D eigenvalue weighted by Gasteiger charge is 2.18. The molecule has 1 N–H and O–H groups in total. The highest BCUT2D eigenvalue weighted by molar-refractivity contribution is 7.98. The predicted octanol–water partition coefficient (Wildman–Crippen LogP) is 1.70. The maximum absolute atomic E-state index is 11.8. The summed E-state index contributed by atoms with van der Waals surface area (Å²) in [6.45, 7) is 3.79. The third-order valence-corrected chi connectivity index (χ3v) is 3.32. The number of amides is 1. The molecule has 94 valence electrons. The van der Waals surface area contributed by atoms with Gasteiger partial charge in [-0.1, -0.05) is 6.92 Å². The van der Waals surface area contributed by atoms with Crippen LogP contribution in [0.2, 0.25) is 0 Å². The summed E-state index contributed by atoms with van der Waals surface area (Å²) in [6, 6.07) is 0.194. The Morgan fingerprint density at radius 2 is 1.88 bits per heavy atom. The predicted molar refractivity (Wildman–Crippen MR) is 66.6 cm³/mol. The van der Waals surface area contributed by atoms with Crippen LogP contribution in [0.4, 0.5) is 0 Å². The van der Waals surface area contributed by atoms with Gasteiger partial charge in [-0.2, -0.15) is 11.8 Å². The lowest BCUT2D eigenvalue weighted by atomic mass is 10.0. The number of carbonyl (C=O) groups excluding carboxylic acids is 1. The number of aliphatic carboxylic acids is 1. The van der Waals surface area contributed by atoms with Crippen LogP contribution in [0.15, 0.2) is 0 Å². The first-order valence-electron chi connectivity index (χ1n) is 5.34. The second-order valence-electron chi connectivity index (χ2n) is 4.22. The van der Waals surface area contributed by atoms with Gasteiger partial charge in [0.1, 0.15) is 0 Å². The third kappa shape index (κ3) is 6.00. The molecule has 0 fully saturated rings. The quantitative estimate of drug-likeness (QED) is 0.744. The first-order valence-corrected chi connectivity index (χ1v) is 6.74. The Hall–Kier alpha value is -0.710. The van der Waals surface area contributed by atoms with E-state index in [1.807, 2.05) is 13.2 Å². The maximum atomic E-state index is 11.8. The Morgan fingerprint density at radius 1 is 1.31 bits per heavy atom. The molecule has 0 aliphatic rings. The second-order valence-corrected chi connectivity index (χ2v) is 5.13. The number of carboxylic acid groups (broad SMARTS) is 1. The minimum Gasteiger partial charge on any atom is -0.481 e. The van der Waals surface area contributed by atoms with Crippen molar-refractivity contribution in [1.82, 2.24) is 4.90 Å². The maximum Gasteiger partial charge on any atom is 0.303 e. The van der Waals surface area contributed by atoms with Gasteiger partial charge in [0.2, 0.25) is 5.91 Å². The lowest BCUT2D eigenvalue weighted by Gasteiger charge is -2.25. The van der Waals surface area contributed by atoms with Crippen molar-refractivity contribution in [2.75, 3.05) is 19.1 Å². The molecule has 0 heterocycles. The van der Waals surface area contributed by atoms with Gasteiger partial charge in [-0.25, -0.2) is 0 Å². The fourth-order valence-corrected chi connectivity index (χ4v) is 2.12. The molecule has 5 heteroatoms. The molecule has 0 rings (SSSR count). The smallest absolute Gasteiger partial charge is 0.303 e. The van der Waals surface area contributed by atoms with Crippen molar-refractivity contribution in [3.8, 4) is 0 Å². The molecular weight excluding hydrogens is 226 g/mol. The summed E-state index contributed by atoms with van der Waals surface area (Å²) in [5.41, 5.74) is 0. The number of carbonyl (C=O) groups is 2. The summed E-state index contributed by atoms with van der Waals surface area (Å²) in [5, 5.41) is 8.60. The van der Waals surface area contributed by atoms with Gasteiger partial charge in [0, 0.05) is 31.7 Å². The number of carboxylic acids is 1. The summed E-state index contributed by atoms with van der Waals surface area (Å²) in [6.07, 6.45) is 2.36. The highest BCUT2D eigenvalue weighted by Crippen LogP contribution is 2.12. The average molecular weight is 247 g/mol. The number of hydrogen-bond donors (Lipinski definition) is 1. The summed E-state index contributed by atoms with van der Waals surface area (Å²) in [4.78, 5) is 23.9. The Balaban J connectivity index is 4.08. The molecule has 16 heavy (non-hydrogen) atoms. The molecule has 4 nitrogen and oxygen atoms in total. The van der Waals surface area contributed by atoms with Crippen molar-refractivity contribution >= 4 is 23.6 Å². The van der Waals surface area contributed by atoms with Crippen molar-refractivity contribution in [1.29, 1.82) is 0 Å². The molecular formula is C11H21NO3S. The van der Waals surface area contributed by atoms with E-state index in [4.69, 9.17) is 5.11 Å². The Bertz CT molecular complexity index is 245. The summed E-state index contributed by atoms with van der Waals surface area (Å²) < 4.78 is 0. The zero-order valence-electron chi connectivity index (χ0n) is 10.4. The zero-order valence-corrected chi connectivity index (χ0v) is 11.2. The van der Waals surface area contributed by atoms with Crippen molar-refractivity contribution in [3.63, 3.8) is 0 Å². The van der Waals surface area contributed by atoms with Crippen LogP contribution in [-0.4, -0.2) is 47.0 Å². The van der Waals surface area contributed by atoms with E-state index in [2.05, 4.69) is 0 Å². The zero-order chi connectivity index (χ0) is 12.7. The first-order chi connectivity index (χ1) is 7.38. The standard InChI is InChI=1S/C11H21NO3S/c1-8(6-11(14)15)5-10(13)12(3)9(2)7-16-4/h8-9H,5-7H2,1-4H3,(H,14,15). The van der Waals surface area contributed by atoms with Crippen LogP contribution >= 0.6 is 11.8 Å². The fourth-order valence-electron chi connectivity index (χ4n) is 1.41. The van der Waals surface area contributed by atoms with Crippen molar-refractivity contribution < 1.29 is 14.7 Å². The van der Waals surface area contributed by atoms with Crippen LogP contribution in [-0.2, 0) is 9.59 Å².